The topological polar surface area (TPSA) is 65.0 Å². The van der Waals surface area contributed by atoms with E-state index in [1.165, 1.54) is 6.08 Å². The summed E-state index contributed by atoms with van der Waals surface area (Å²) < 4.78 is 12.3. The average Bonchev–Trinajstić information content (AvgIpc) is 3.12. The molecule has 0 atom stereocenters. The van der Waals surface area contributed by atoms with Gasteiger partial charge in [0.05, 0.1) is 10.0 Å². The van der Waals surface area contributed by atoms with Gasteiger partial charge in [0.15, 0.2) is 11.4 Å². The minimum absolute atomic E-state index is 0.108. The fourth-order valence-corrected chi connectivity index (χ4v) is 4.24. The number of cyclic esters (lactones) is 1. The van der Waals surface area contributed by atoms with Crippen LogP contribution < -0.4 is 4.74 Å². The fourth-order valence-electron chi connectivity index (χ4n) is 2.90. The van der Waals surface area contributed by atoms with Gasteiger partial charge in [-0.05, 0) is 65.3 Å². The van der Waals surface area contributed by atoms with Crippen LogP contribution in [0.3, 0.4) is 0 Å². The van der Waals surface area contributed by atoms with Crippen LogP contribution in [0.15, 0.2) is 86.4 Å². The highest BCUT2D eigenvalue weighted by Crippen LogP contribution is 2.35. The van der Waals surface area contributed by atoms with Gasteiger partial charge in [-0.2, -0.15) is 0 Å². The van der Waals surface area contributed by atoms with Gasteiger partial charge < -0.3 is 9.47 Å². The molecule has 0 amide bonds. The van der Waals surface area contributed by atoms with Crippen molar-refractivity contribution in [2.75, 3.05) is 0 Å². The van der Waals surface area contributed by atoms with E-state index in [1.807, 2.05) is 37.3 Å². The first-order valence-electron chi connectivity index (χ1n) is 9.26. The lowest BCUT2D eigenvalue weighted by atomic mass is 10.1. The highest BCUT2D eigenvalue weighted by atomic mass is 79.9. The Labute approximate surface area is 195 Å². The number of benzene rings is 3. The van der Waals surface area contributed by atoms with Crippen LogP contribution in [0.4, 0.5) is 0 Å². The lowest BCUT2D eigenvalue weighted by Gasteiger charge is -2.11. The normalized spacial score (nSPS) is 14.4. The highest BCUT2D eigenvalue weighted by molar-refractivity contribution is 9.11. The van der Waals surface area contributed by atoms with Crippen molar-refractivity contribution in [3.05, 3.63) is 104 Å². The molecule has 0 saturated carbocycles. The first kappa shape index (κ1) is 21.2. The van der Waals surface area contributed by atoms with E-state index in [2.05, 4.69) is 36.9 Å². The second-order valence-corrected chi connectivity index (χ2v) is 8.53. The van der Waals surface area contributed by atoms with Gasteiger partial charge in [-0.15, -0.1) is 0 Å². The number of ether oxygens (including phenoxy) is 2. The van der Waals surface area contributed by atoms with Crippen molar-refractivity contribution in [1.82, 2.24) is 0 Å². The number of hydrogen-bond donors (Lipinski definition) is 0. The SMILES string of the molecule is Cc1ccc(C(=O)Oc2c(Br)cc(Br)cc2/C=C2\N=C(c3ccccc3)OC2=O)cc1. The molecule has 0 fully saturated rings. The summed E-state index contributed by atoms with van der Waals surface area (Å²) in [7, 11) is 0. The zero-order valence-electron chi connectivity index (χ0n) is 16.3. The molecule has 1 aliphatic heterocycles. The predicted octanol–water partition coefficient (Wildman–Crippen LogP) is 6.08. The summed E-state index contributed by atoms with van der Waals surface area (Å²) in [6, 6.07) is 19.7. The van der Waals surface area contributed by atoms with Crippen molar-refractivity contribution in [3.8, 4) is 5.75 Å². The van der Waals surface area contributed by atoms with Crippen LogP contribution >= 0.6 is 31.9 Å². The molecule has 1 heterocycles. The number of aryl methyl sites for hydroxylation is 1. The lowest BCUT2D eigenvalue weighted by Crippen LogP contribution is -2.10. The average molecular weight is 541 g/mol. The van der Waals surface area contributed by atoms with Gasteiger partial charge in [0.1, 0.15) is 0 Å². The highest BCUT2D eigenvalue weighted by Gasteiger charge is 2.25. The molecule has 0 spiro atoms. The van der Waals surface area contributed by atoms with Gasteiger partial charge in [0.2, 0.25) is 5.90 Å². The maximum atomic E-state index is 12.7. The predicted molar refractivity (Wildman–Crippen MR) is 125 cm³/mol. The lowest BCUT2D eigenvalue weighted by molar-refractivity contribution is -0.129. The number of carbonyl (C=O) groups is 2. The number of rotatable bonds is 4. The Balaban J connectivity index is 1.70. The van der Waals surface area contributed by atoms with Crippen LogP contribution in [-0.4, -0.2) is 17.8 Å². The molecule has 0 radical (unpaired) electrons. The molecule has 1 aliphatic rings. The van der Waals surface area contributed by atoms with Crippen LogP contribution in [-0.2, 0) is 9.53 Å². The molecule has 0 bridgehead atoms. The Kier molecular flexibility index (Phi) is 6.15. The quantitative estimate of drug-likeness (QED) is 0.228. The van der Waals surface area contributed by atoms with E-state index >= 15 is 0 Å². The zero-order valence-corrected chi connectivity index (χ0v) is 19.4. The molecule has 0 N–H and O–H groups in total. The Bertz CT molecular complexity index is 1230. The smallest absolute Gasteiger partial charge is 0.363 e. The fraction of sp³-hybridized carbons (Fsp3) is 0.0417. The van der Waals surface area contributed by atoms with E-state index in [-0.39, 0.29) is 17.3 Å². The van der Waals surface area contributed by atoms with E-state index in [0.29, 0.717) is 21.2 Å². The Morgan fingerprint density at radius 2 is 1.74 bits per heavy atom. The van der Waals surface area contributed by atoms with Gasteiger partial charge in [0.25, 0.3) is 0 Å². The van der Waals surface area contributed by atoms with Crippen molar-refractivity contribution in [3.63, 3.8) is 0 Å². The molecule has 0 unspecified atom stereocenters. The maximum absolute atomic E-state index is 12.7. The molecule has 3 aromatic rings. The second kappa shape index (κ2) is 8.99. The van der Waals surface area contributed by atoms with E-state index < -0.39 is 11.9 Å². The zero-order chi connectivity index (χ0) is 22.0. The third-order valence-electron chi connectivity index (χ3n) is 4.45. The first-order chi connectivity index (χ1) is 14.9. The molecule has 4 rings (SSSR count). The van der Waals surface area contributed by atoms with Crippen molar-refractivity contribution >= 4 is 55.8 Å². The summed E-state index contributed by atoms with van der Waals surface area (Å²) in [5.74, 6) is -0.586. The van der Waals surface area contributed by atoms with Gasteiger partial charge in [-0.3, -0.25) is 0 Å². The molecule has 31 heavy (non-hydrogen) atoms. The first-order valence-corrected chi connectivity index (χ1v) is 10.9. The number of hydrogen-bond acceptors (Lipinski definition) is 5. The third-order valence-corrected chi connectivity index (χ3v) is 5.50. The van der Waals surface area contributed by atoms with E-state index in [0.717, 1.165) is 10.0 Å². The number of esters is 2. The molecule has 7 heteroatoms. The van der Waals surface area contributed by atoms with Crippen LogP contribution in [0.1, 0.15) is 27.0 Å². The van der Waals surface area contributed by atoms with Crippen LogP contribution in [0.2, 0.25) is 0 Å². The molecular formula is C24H15Br2NO4. The number of carbonyl (C=O) groups excluding carboxylic acids is 2. The van der Waals surface area contributed by atoms with Crippen LogP contribution in [0, 0.1) is 6.92 Å². The van der Waals surface area contributed by atoms with Crippen molar-refractivity contribution < 1.29 is 19.1 Å². The Hall–Kier alpha value is -3.03. The second-order valence-electron chi connectivity index (χ2n) is 6.76. The van der Waals surface area contributed by atoms with Gasteiger partial charge in [-0.1, -0.05) is 51.8 Å². The van der Waals surface area contributed by atoms with E-state index in [9.17, 15) is 9.59 Å². The van der Waals surface area contributed by atoms with Crippen molar-refractivity contribution in [2.45, 2.75) is 6.92 Å². The Morgan fingerprint density at radius 3 is 2.45 bits per heavy atom. The molecule has 3 aromatic carbocycles. The summed E-state index contributed by atoms with van der Waals surface area (Å²) >= 11 is 6.86. The van der Waals surface area contributed by atoms with Crippen molar-refractivity contribution in [1.29, 1.82) is 0 Å². The molecule has 5 nitrogen and oxygen atoms in total. The summed E-state index contributed by atoms with van der Waals surface area (Å²) in [6.45, 7) is 1.94. The standard InChI is InChI=1S/C24H15Br2NO4/c1-14-7-9-16(10-8-14)23(28)30-21-17(11-18(25)13-19(21)26)12-20-24(29)31-22(27-20)15-5-3-2-4-6-15/h2-13H,1H3/b20-12-. The minimum Gasteiger partial charge on any atom is -0.421 e. The number of aliphatic imine (C=N–C) groups is 1. The summed E-state index contributed by atoms with van der Waals surface area (Å²) in [5, 5.41) is 0. The monoisotopic (exact) mass is 539 g/mol. The molecular weight excluding hydrogens is 526 g/mol. The van der Waals surface area contributed by atoms with Gasteiger partial charge >= 0.3 is 11.9 Å². The molecule has 0 aromatic heterocycles. The number of nitrogens with zero attached hydrogens (tertiary/aromatic N) is 1. The summed E-state index contributed by atoms with van der Waals surface area (Å²) in [6.07, 6.45) is 1.53. The third kappa shape index (κ3) is 4.84. The minimum atomic E-state index is -0.578. The van der Waals surface area contributed by atoms with E-state index in [1.54, 1.807) is 36.4 Å². The van der Waals surface area contributed by atoms with Gasteiger partial charge in [0, 0.05) is 15.6 Å². The molecule has 0 saturated heterocycles. The maximum Gasteiger partial charge on any atom is 0.363 e. The Morgan fingerprint density at radius 1 is 1.03 bits per heavy atom. The molecule has 154 valence electrons. The van der Waals surface area contributed by atoms with Crippen LogP contribution in [0.25, 0.3) is 6.08 Å². The number of halogens is 2. The van der Waals surface area contributed by atoms with E-state index in [4.69, 9.17) is 9.47 Å². The largest absolute Gasteiger partial charge is 0.421 e. The van der Waals surface area contributed by atoms with Crippen molar-refractivity contribution in [2.24, 2.45) is 4.99 Å². The van der Waals surface area contributed by atoms with Gasteiger partial charge in [-0.25, -0.2) is 14.6 Å². The molecule has 0 aliphatic carbocycles. The summed E-state index contributed by atoms with van der Waals surface area (Å²) in [4.78, 5) is 29.4. The van der Waals surface area contributed by atoms with Crippen LogP contribution in [0.5, 0.6) is 5.75 Å². The summed E-state index contributed by atoms with van der Waals surface area (Å²) in [5.41, 5.74) is 2.76.